The molecule has 7 nitrogen and oxygen atoms in total. The number of morpholine rings is 1. The van der Waals surface area contributed by atoms with E-state index in [0.29, 0.717) is 43.3 Å². The molecule has 0 spiro atoms. The number of amides is 1. The average Bonchev–Trinajstić information content (AvgIpc) is 2.76. The number of aryl methyl sites for hydroxylation is 1. The zero-order chi connectivity index (χ0) is 21.4. The van der Waals surface area contributed by atoms with Crippen molar-refractivity contribution >= 4 is 21.6 Å². The number of nitrogens with one attached hydrogen (secondary N) is 1. The zero-order valence-electron chi connectivity index (χ0n) is 17.3. The van der Waals surface area contributed by atoms with E-state index in [0.717, 1.165) is 5.56 Å². The van der Waals surface area contributed by atoms with Gasteiger partial charge in [-0.2, -0.15) is 4.31 Å². The Hall–Kier alpha value is -2.42. The number of carbonyl (C=O) groups is 1. The largest absolute Gasteiger partial charge is 0.496 e. The topological polar surface area (TPSA) is 84.9 Å². The quantitative estimate of drug-likeness (QED) is 0.802. The van der Waals surface area contributed by atoms with Crippen molar-refractivity contribution in [3.8, 4) is 5.75 Å². The van der Waals surface area contributed by atoms with Crippen molar-refractivity contribution in [3.63, 3.8) is 0 Å². The molecule has 0 aromatic heterocycles. The Balaban J connectivity index is 0.00000145. The molecular formula is C21H28N2O5S. The SMILES string of the molecule is CC.COc1ccc(C(=O)Nc2ccc(S(=O)(=O)N3CCOCC3)cc2)cc1C. The predicted molar refractivity (Wildman–Crippen MR) is 113 cm³/mol. The van der Waals surface area contributed by atoms with Gasteiger partial charge < -0.3 is 14.8 Å². The molecule has 2 aromatic rings. The minimum atomic E-state index is -3.55. The van der Waals surface area contributed by atoms with Gasteiger partial charge in [0.15, 0.2) is 0 Å². The van der Waals surface area contributed by atoms with Gasteiger partial charge in [0.2, 0.25) is 10.0 Å². The minimum absolute atomic E-state index is 0.197. The lowest BCUT2D eigenvalue weighted by Gasteiger charge is -2.26. The lowest BCUT2D eigenvalue weighted by Crippen LogP contribution is -2.40. The van der Waals surface area contributed by atoms with Gasteiger partial charge in [0.05, 0.1) is 25.2 Å². The maximum absolute atomic E-state index is 12.6. The molecule has 3 rings (SSSR count). The van der Waals surface area contributed by atoms with Gasteiger partial charge in [0, 0.05) is 24.3 Å². The van der Waals surface area contributed by atoms with Gasteiger partial charge >= 0.3 is 0 Å². The summed E-state index contributed by atoms with van der Waals surface area (Å²) >= 11 is 0. The number of hydrogen-bond donors (Lipinski definition) is 1. The van der Waals surface area contributed by atoms with Crippen molar-refractivity contribution in [3.05, 3.63) is 53.6 Å². The first-order valence-corrected chi connectivity index (χ1v) is 11.0. The Morgan fingerprint density at radius 1 is 1.07 bits per heavy atom. The van der Waals surface area contributed by atoms with E-state index in [1.807, 2.05) is 20.8 Å². The lowest BCUT2D eigenvalue weighted by atomic mass is 10.1. The Bertz CT molecular complexity index is 921. The fourth-order valence-electron chi connectivity index (χ4n) is 2.87. The fraction of sp³-hybridized carbons (Fsp3) is 0.381. The predicted octanol–water partition coefficient (Wildman–Crippen LogP) is 3.30. The molecule has 0 aliphatic carbocycles. The molecule has 0 saturated carbocycles. The summed E-state index contributed by atoms with van der Waals surface area (Å²) in [5.74, 6) is 0.439. The number of anilines is 1. The van der Waals surface area contributed by atoms with Crippen LogP contribution < -0.4 is 10.1 Å². The van der Waals surface area contributed by atoms with Crippen LogP contribution in [0.1, 0.15) is 29.8 Å². The van der Waals surface area contributed by atoms with Crippen molar-refractivity contribution in [2.75, 3.05) is 38.7 Å². The van der Waals surface area contributed by atoms with Crippen LogP contribution in [0.25, 0.3) is 0 Å². The van der Waals surface area contributed by atoms with E-state index in [4.69, 9.17) is 9.47 Å². The van der Waals surface area contributed by atoms with Crippen LogP contribution in [-0.4, -0.2) is 52.0 Å². The molecule has 8 heteroatoms. The normalized spacial score (nSPS) is 14.5. The van der Waals surface area contributed by atoms with Crippen molar-refractivity contribution in [1.82, 2.24) is 4.31 Å². The molecule has 29 heavy (non-hydrogen) atoms. The van der Waals surface area contributed by atoms with Crippen molar-refractivity contribution in [1.29, 1.82) is 0 Å². The molecular weight excluding hydrogens is 392 g/mol. The van der Waals surface area contributed by atoms with Crippen LogP contribution in [0.5, 0.6) is 5.75 Å². The molecule has 2 aromatic carbocycles. The Morgan fingerprint density at radius 3 is 2.24 bits per heavy atom. The van der Waals surface area contributed by atoms with Gasteiger partial charge in [-0.1, -0.05) is 13.8 Å². The molecule has 1 saturated heterocycles. The molecule has 1 heterocycles. The Kier molecular flexibility index (Phi) is 8.19. The number of rotatable bonds is 5. The molecule has 0 unspecified atom stereocenters. The summed E-state index contributed by atoms with van der Waals surface area (Å²) in [6, 6.07) is 11.3. The number of benzene rings is 2. The van der Waals surface area contributed by atoms with E-state index in [1.165, 1.54) is 16.4 Å². The second-order valence-electron chi connectivity index (χ2n) is 6.18. The monoisotopic (exact) mass is 420 g/mol. The lowest BCUT2D eigenvalue weighted by molar-refractivity contribution is 0.0730. The van der Waals surface area contributed by atoms with E-state index in [1.54, 1.807) is 37.4 Å². The van der Waals surface area contributed by atoms with Crippen LogP contribution in [0.4, 0.5) is 5.69 Å². The van der Waals surface area contributed by atoms with Crippen molar-refractivity contribution < 1.29 is 22.7 Å². The van der Waals surface area contributed by atoms with E-state index in [9.17, 15) is 13.2 Å². The second kappa shape index (κ2) is 10.4. The van der Waals surface area contributed by atoms with Gasteiger partial charge in [-0.3, -0.25) is 4.79 Å². The van der Waals surface area contributed by atoms with Crippen molar-refractivity contribution in [2.45, 2.75) is 25.7 Å². The molecule has 158 valence electrons. The van der Waals surface area contributed by atoms with Gasteiger partial charge in [0.1, 0.15) is 5.75 Å². The maximum atomic E-state index is 12.6. The first kappa shape index (κ1) is 22.9. The number of hydrogen-bond acceptors (Lipinski definition) is 5. The summed E-state index contributed by atoms with van der Waals surface area (Å²) in [7, 11) is -1.97. The first-order valence-electron chi connectivity index (χ1n) is 9.56. The number of sulfonamides is 1. The molecule has 1 N–H and O–H groups in total. The third-order valence-electron chi connectivity index (χ3n) is 4.38. The standard InChI is InChI=1S/C19H22N2O5S.C2H6/c1-14-13-15(3-8-18(14)25-2)19(22)20-16-4-6-17(7-5-16)27(23,24)21-9-11-26-12-10-21;1-2/h3-8,13H,9-12H2,1-2H3,(H,20,22);1-2H3. The molecule has 1 aliphatic heterocycles. The van der Waals surface area contributed by atoms with Crippen molar-refractivity contribution in [2.24, 2.45) is 0 Å². The van der Waals surface area contributed by atoms with Crippen LogP contribution in [0, 0.1) is 6.92 Å². The second-order valence-corrected chi connectivity index (χ2v) is 8.12. The van der Waals surface area contributed by atoms with E-state index >= 15 is 0 Å². The van der Waals surface area contributed by atoms with E-state index < -0.39 is 10.0 Å². The summed E-state index contributed by atoms with van der Waals surface area (Å²) in [6.45, 7) is 7.35. The summed E-state index contributed by atoms with van der Waals surface area (Å²) in [4.78, 5) is 12.6. The van der Waals surface area contributed by atoms with E-state index in [-0.39, 0.29) is 10.8 Å². The highest BCUT2D eigenvalue weighted by molar-refractivity contribution is 7.89. The summed E-state index contributed by atoms with van der Waals surface area (Å²) in [5, 5.41) is 2.77. The smallest absolute Gasteiger partial charge is 0.255 e. The van der Waals surface area contributed by atoms with Crippen LogP contribution in [0.3, 0.4) is 0 Å². The Labute approximate surface area is 172 Å². The summed E-state index contributed by atoms with van der Waals surface area (Å²) in [5.41, 5.74) is 1.88. The molecule has 0 atom stereocenters. The fourth-order valence-corrected chi connectivity index (χ4v) is 4.28. The highest BCUT2D eigenvalue weighted by atomic mass is 32.2. The Morgan fingerprint density at radius 2 is 1.69 bits per heavy atom. The van der Waals surface area contributed by atoms with Gasteiger partial charge in [-0.25, -0.2) is 8.42 Å². The van der Waals surface area contributed by atoms with E-state index in [2.05, 4.69) is 5.32 Å². The third-order valence-corrected chi connectivity index (χ3v) is 6.29. The molecule has 0 radical (unpaired) electrons. The number of carbonyl (C=O) groups excluding carboxylic acids is 1. The minimum Gasteiger partial charge on any atom is -0.496 e. The van der Waals surface area contributed by atoms with Gasteiger partial charge in [-0.05, 0) is 55.0 Å². The maximum Gasteiger partial charge on any atom is 0.255 e. The molecule has 0 bridgehead atoms. The van der Waals surface area contributed by atoms with Gasteiger partial charge in [-0.15, -0.1) is 0 Å². The first-order chi connectivity index (χ1) is 13.9. The zero-order valence-corrected chi connectivity index (χ0v) is 18.1. The highest BCUT2D eigenvalue weighted by Crippen LogP contribution is 2.21. The van der Waals surface area contributed by atoms with Gasteiger partial charge in [0.25, 0.3) is 5.91 Å². The third kappa shape index (κ3) is 5.56. The molecule has 1 fully saturated rings. The molecule has 1 amide bonds. The van der Waals surface area contributed by atoms with Crippen LogP contribution in [0.15, 0.2) is 47.4 Å². The summed E-state index contributed by atoms with van der Waals surface area (Å²) < 4.78 is 37.0. The average molecular weight is 421 g/mol. The van der Waals surface area contributed by atoms with Crippen LogP contribution in [0.2, 0.25) is 0 Å². The number of ether oxygens (including phenoxy) is 2. The number of methoxy groups -OCH3 is 1. The number of nitrogens with zero attached hydrogens (tertiary/aromatic N) is 1. The molecule has 1 aliphatic rings. The van der Waals surface area contributed by atoms with Crippen LogP contribution in [-0.2, 0) is 14.8 Å². The van der Waals surface area contributed by atoms with Crippen LogP contribution >= 0.6 is 0 Å². The highest BCUT2D eigenvalue weighted by Gasteiger charge is 2.26. The summed E-state index contributed by atoms with van der Waals surface area (Å²) in [6.07, 6.45) is 0.